The Morgan fingerprint density at radius 1 is 1.00 bits per heavy atom. The number of aromatic nitrogens is 2. The molecule has 1 aromatic heterocycles. The number of carbonyl (C=O) groups excluding carboxylic acids is 1. The van der Waals surface area contributed by atoms with Crippen molar-refractivity contribution in [2.24, 2.45) is 0 Å². The summed E-state index contributed by atoms with van der Waals surface area (Å²) in [6.07, 6.45) is 0.909. The molecule has 132 valence electrons. The van der Waals surface area contributed by atoms with Crippen molar-refractivity contribution in [1.29, 1.82) is 0 Å². The van der Waals surface area contributed by atoms with Crippen LogP contribution >= 0.6 is 0 Å². The number of ether oxygens (including phenoxy) is 1. The quantitative estimate of drug-likeness (QED) is 0.854. The van der Waals surface area contributed by atoms with Crippen LogP contribution in [0.2, 0.25) is 0 Å². The summed E-state index contributed by atoms with van der Waals surface area (Å²) in [6, 6.07) is 11.7. The summed E-state index contributed by atoms with van der Waals surface area (Å²) in [5.74, 6) is 1.62. The highest BCUT2D eigenvalue weighted by atomic mass is 16.5. The predicted molar refractivity (Wildman–Crippen MR) is 96.9 cm³/mol. The molecule has 0 spiro atoms. The molecule has 0 radical (unpaired) electrons. The van der Waals surface area contributed by atoms with Gasteiger partial charge in [-0.15, -0.1) is 5.10 Å². The third kappa shape index (κ3) is 4.68. The van der Waals surface area contributed by atoms with E-state index in [1.807, 2.05) is 55.1 Å². The van der Waals surface area contributed by atoms with Crippen molar-refractivity contribution in [3.05, 3.63) is 47.7 Å². The Morgan fingerprint density at radius 3 is 2.52 bits per heavy atom. The van der Waals surface area contributed by atoms with Gasteiger partial charge in [0.15, 0.2) is 12.4 Å². The van der Waals surface area contributed by atoms with Crippen LogP contribution in [0.4, 0.5) is 5.82 Å². The van der Waals surface area contributed by atoms with Crippen molar-refractivity contribution >= 4 is 11.7 Å². The van der Waals surface area contributed by atoms with Gasteiger partial charge in [-0.1, -0.05) is 17.7 Å². The van der Waals surface area contributed by atoms with Crippen LogP contribution in [0.3, 0.4) is 0 Å². The maximum atomic E-state index is 12.4. The number of hydrogen-bond acceptors (Lipinski definition) is 5. The first-order chi connectivity index (χ1) is 12.1. The molecular formula is C19H24N4O2. The zero-order valence-corrected chi connectivity index (χ0v) is 14.8. The van der Waals surface area contributed by atoms with E-state index in [4.69, 9.17) is 4.74 Å². The Kier molecular flexibility index (Phi) is 5.48. The van der Waals surface area contributed by atoms with Crippen molar-refractivity contribution in [1.82, 2.24) is 15.1 Å². The van der Waals surface area contributed by atoms with E-state index in [1.54, 1.807) is 0 Å². The first-order valence-electron chi connectivity index (χ1n) is 8.64. The summed E-state index contributed by atoms with van der Waals surface area (Å²) in [5.41, 5.74) is 2.08. The second-order valence-corrected chi connectivity index (χ2v) is 6.36. The fourth-order valence-corrected chi connectivity index (χ4v) is 2.83. The highest BCUT2D eigenvalue weighted by Crippen LogP contribution is 2.14. The number of benzene rings is 1. The Bertz CT molecular complexity index is 700. The molecule has 25 heavy (non-hydrogen) atoms. The van der Waals surface area contributed by atoms with Gasteiger partial charge in [-0.2, -0.15) is 5.10 Å². The fraction of sp³-hybridized carbons (Fsp3) is 0.421. The average Bonchev–Trinajstić information content (AvgIpc) is 2.88. The SMILES string of the molecule is Cc1ccc(OCC(=O)N2CCCN(c3ccc(C)nn3)CC2)cc1. The zero-order chi connectivity index (χ0) is 17.6. The molecule has 0 aliphatic carbocycles. The molecule has 1 amide bonds. The molecule has 3 rings (SSSR count). The van der Waals surface area contributed by atoms with Gasteiger partial charge in [0.25, 0.3) is 5.91 Å². The van der Waals surface area contributed by atoms with E-state index in [1.165, 1.54) is 5.56 Å². The largest absolute Gasteiger partial charge is 0.484 e. The molecule has 0 atom stereocenters. The summed E-state index contributed by atoms with van der Waals surface area (Å²) < 4.78 is 5.61. The normalized spacial score (nSPS) is 15.0. The molecule has 6 nitrogen and oxygen atoms in total. The van der Waals surface area contributed by atoms with Crippen LogP contribution in [0, 0.1) is 13.8 Å². The highest BCUT2D eigenvalue weighted by molar-refractivity contribution is 5.77. The first-order valence-corrected chi connectivity index (χ1v) is 8.64. The van der Waals surface area contributed by atoms with E-state index in [0.29, 0.717) is 6.54 Å². The molecule has 1 aliphatic heterocycles. The number of hydrogen-bond donors (Lipinski definition) is 0. The lowest BCUT2D eigenvalue weighted by Crippen LogP contribution is -2.38. The number of amides is 1. The van der Waals surface area contributed by atoms with Crippen molar-refractivity contribution < 1.29 is 9.53 Å². The summed E-state index contributed by atoms with van der Waals surface area (Å²) in [5, 5.41) is 8.36. The van der Waals surface area contributed by atoms with Crippen LogP contribution in [0.15, 0.2) is 36.4 Å². The van der Waals surface area contributed by atoms with Crippen molar-refractivity contribution in [2.75, 3.05) is 37.7 Å². The third-order valence-electron chi connectivity index (χ3n) is 4.34. The van der Waals surface area contributed by atoms with E-state index in [0.717, 1.165) is 43.3 Å². The number of rotatable bonds is 4. The molecule has 1 saturated heterocycles. The molecule has 0 unspecified atom stereocenters. The highest BCUT2D eigenvalue weighted by Gasteiger charge is 2.20. The zero-order valence-electron chi connectivity index (χ0n) is 14.8. The van der Waals surface area contributed by atoms with E-state index in [-0.39, 0.29) is 12.5 Å². The van der Waals surface area contributed by atoms with Crippen LogP contribution in [0.5, 0.6) is 5.75 Å². The molecular weight excluding hydrogens is 316 g/mol. The van der Waals surface area contributed by atoms with Gasteiger partial charge in [0.05, 0.1) is 5.69 Å². The molecule has 2 heterocycles. The minimum Gasteiger partial charge on any atom is -0.484 e. The molecule has 1 aromatic carbocycles. The third-order valence-corrected chi connectivity index (χ3v) is 4.34. The molecule has 0 bridgehead atoms. The number of nitrogens with zero attached hydrogens (tertiary/aromatic N) is 4. The van der Waals surface area contributed by atoms with Gasteiger partial charge in [0.2, 0.25) is 0 Å². The van der Waals surface area contributed by atoms with Gasteiger partial charge in [0.1, 0.15) is 5.75 Å². The molecule has 6 heteroatoms. The van der Waals surface area contributed by atoms with Crippen molar-refractivity contribution in [3.8, 4) is 5.75 Å². The van der Waals surface area contributed by atoms with Crippen LogP contribution in [-0.2, 0) is 4.79 Å². The van der Waals surface area contributed by atoms with E-state index < -0.39 is 0 Å². The molecule has 2 aromatic rings. The Morgan fingerprint density at radius 2 is 1.80 bits per heavy atom. The molecule has 0 N–H and O–H groups in total. The number of carbonyl (C=O) groups is 1. The van der Waals surface area contributed by atoms with Crippen LogP contribution < -0.4 is 9.64 Å². The van der Waals surface area contributed by atoms with Gasteiger partial charge in [0, 0.05) is 26.2 Å². The standard InChI is InChI=1S/C19H24N4O2/c1-15-4-7-17(8-5-15)25-14-19(24)23-11-3-10-22(12-13-23)18-9-6-16(2)20-21-18/h4-9H,3,10-14H2,1-2H3. The summed E-state index contributed by atoms with van der Waals surface area (Å²) in [7, 11) is 0. The van der Waals surface area contributed by atoms with E-state index in [9.17, 15) is 4.79 Å². The first kappa shape index (κ1) is 17.2. The van der Waals surface area contributed by atoms with Crippen LogP contribution in [-0.4, -0.2) is 53.8 Å². The minimum atomic E-state index is 0.0254. The van der Waals surface area contributed by atoms with Gasteiger partial charge >= 0.3 is 0 Å². The average molecular weight is 340 g/mol. The summed E-state index contributed by atoms with van der Waals surface area (Å²) >= 11 is 0. The fourth-order valence-electron chi connectivity index (χ4n) is 2.83. The van der Waals surface area contributed by atoms with Crippen molar-refractivity contribution in [2.45, 2.75) is 20.3 Å². The molecule has 0 saturated carbocycles. The lowest BCUT2D eigenvalue weighted by Gasteiger charge is -2.22. The Balaban J connectivity index is 1.52. The molecule has 1 aliphatic rings. The lowest BCUT2D eigenvalue weighted by molar-refractivity contribution is -0.133. The minimum absolute atomic E-state index is 0.0254. The Labute approximate surface area is 148 Å². The van der Waals surface area contributed by atoms with E-state index in [2.05, 4.69) is 15.1 Å². The van der Waals surface area contributed by atoms with Crippen molar-refractivity contribution in [3.63, 3.8) is 0 Å². The van der Waals surface area contributed by atoms with Gasteiger partial charge in [-0.25, -0.2) is 0 Å². The van der Waals surface area contributed by atoms with Gasteiger partial charge < -0.3 is 14.5 Å². The second kappa shape index (κ2) is 7.96. The lowest BCUT2D eigenvalue weighted by atomic mass is 10.2. The van der Waals surface area contributed by atoms with Crippen LogP contribution in [0.25, 0.3) is 0 Å². The van der Waals surface area contributed by atoms with Gasteiger partial charge in [-0.05, 0) is 44.5 Å². The Hall–Kier alpha value is -2.63. The topological polar surface area (TPSA) is 58.6 Å². The summed E-state index contributed by atoms with van der Waals surface area (Å²) in [6.45, 7) is 7.07. The smallest absolute Gasteiger partial charge is 0.260 e. The number of aryl methyl sites for hydroxylation is 2. The molecule has 1 fully saturated rings. The second-order valence-electron chi connectivity index (χ2n) is 6.36. The maximum absolute atomic E-state index is 12.4. The summed E-state index contributed by atoms with van der Waals surface area (Å²) in [4.78, 5) is 16.5. The van der Waals surface area contributed by atoms with Gasteiger partial charge in [-0.3, -0.25) is 4.79 Å². The predicted octanol–water partition coefficient (Wildman–Crippen LogP) is 2.21. The van der Waals surface area contributed by atoms with E-state index >= 15 is 0 Å². The number of anilines is 1. The van der Waals surface area contributed by atoms with Crippen LogP contribution in [0.1, 0.15) is 17.7 Å². The maximum Gasteiger partial charge on any atom is 0.260 e. The monoisotopic (exact) mass is 340 g/mol.